The molecule has 0 aromatic heterocycles. The highest BCUT2D eigenvalue weighted by Gasteiger charge is 2.27. The van der Waals surface area contributed by atoms with Crippen LogP contribution in [0.2, 0.25) is 0 Å². The Hall–Kier alpha value is -1.32. The van der Waals surface area contributed by atoms with Crippen LogP contribution in [-0.2, 0) is 0 Å². The summed E-state index contributed by atoms with van der Waals surface area (Å²) in [5.74, 6) is 0.229. The minimum atomic E-state index is -0.559. The highest BCUT2D eigenvalue weighted by Crippen LogP contribution is 2.24. The minimum Gasteiger partial charge on any atom is -0.483 e. The van der Waals surface area contributed by atoms with Gasteiger partial charge in [0.1, 0.15) is 0 Å². The Kier molecular flexibility index (Phi) is 5.38. The molecule has 102 valence electrons. The first-order chi connectivity index (χ1) is 8.51. The summed E-state index contributed by atoms with van der Waals surface area (Å²) in [6.07, 6.45) is 3.51. The molecule has 4 heteroatoms. The van der Waals surface area contributed by atoms with Gasteiger partial charge in [-0.15, -0.1) is 0 Å². The van der Waals surface area contributed by atoms with E-state index in [4.69, 9.17) is 9.47 Å². The van der Waals surface area contributed by atoms with Gasteiger partial charge < -0.3 is 9.47 Å². The minimum absolute atomic E-state index is 0.0675. The number of hydrogen-bond acceptors (Lipinski definition) is 4. The Morgan fingerprint density at radius 2 is 1.17 bits per heavy atom. The molecule has 0 fully saturated rings. The quantitative estimate of drug-likeness (QED) is 0.668. The molecule has 1 rings (SSSR count). The molecule has 0 saturated carbocycles. The second-order valence-electron chi connectivity index (χ2n) is 4.75. The number of rotatable bonds is 8. The molecule has 0 heterocycles. The van der Waals surface area contributed by atoms with Crippen LogP contribution in [0.1, 0.15) is 53.4 Å². The van der Waals surface area contributed by atoms with E-state index in [1.54, 1.807) is 0 Å². The topological polar surface area (TPSA) is 52.6 Å². The van der Waals surface area contributed by atoms with Gasteiger partial charge in [-0.25, -0.2) is 0 Å². The molecule has 18 heavy (non-hydrogen) atoms. The average molecular weight is 254 g/mol. The van der Waals surface area contributed by atoms with E-state index < -0.39 is 10.9 Å². The fourth-order valence-electron chi connectivity index (χ4n) is 1.90. The smallest absolute Gasteiger partial charge is 0.275 e. The van der Waals surface area contributed by atoms with Gasteiger partial charge >= 0.3 is 0 Å². The van der Waals surface area contributed by atoms with Gasteiger partial charge in [0.2, 0.25) is 11.5 Å². The van der Waals surface area contributed by atoms with Crippen molar-refractivity contribution in [2.24, 2.45) is 0 Å². The van der Waals surface area contributed by atoms with Crippen molar-refractivity contribution in [3.05, 3.63) is 20.4 Å². The van der Waals surface area contributed by atoms with Crippen molar-refractivity contribution >= 4 is 0 Å². The normalized spacial score (nSPS) is 14.4. The van der Waals surface area contributed by atoms with Gasteiger partial charge in [-0.05, 0) is 26.7 Å². The van der Waals surface area contributed by atoms with Crippen LogP contribution < -0.4 is 20.3 Å². The van der Waals surface area contributed by atoms with Crippen LogP contribution in [0.3, 0.4) is 0 Å². The van der Waals surface area contributed by atoms with E-state index in [0.29, 0.717) is 0 Å². The number of hydrogen-bond donors (Lipinski definition) is 0. The zero-order chi connectivity index (χ0) is 13.7. The Labute approximate surface area is 108 Å². The number of ether oxygens (including phenoxy) is 2. The van der Waals surface area contributed by atoms with Crippen molar-refractivity contribution in [2.45, 2.75) is 65.6 Å². The lowest BCUT2D eigenvalue weighted by atomic mass is 10.2. The molecule has 1 aromatic rings. The molecule has 0 aliphatic carbocycles. The van der Waals surface area contributed by atoms with Crippen LogP contribution in [0.4, 0.5) is 0 Å². The molecule has 4 nitrogen and oxygen atoms in total. The first-order valence-corrected chi connectivity index (χ1v) is 6.67. The molecule has 0 spiro atoms. The lowest BCUT2D eigenvalue weighted by Gasteiger charge is -2.20. The molecule has 0 aliphatic rings. The van der Waals surface area contributed by atoms with Crippen LogP contribution in [-0.4, -0.2) is 12.2 Å². The molecule has 0 radical (unpaired) electrons. The summed E-state index contributed by atoms with van der Waals surface area (Å²) in [7, 11) is 0. The molecule has 0 bridgehead atoms. The summed E-state index contributed by atoms with van der Waals surface area (Å²) in [6, 6.07) is 0. The first kappa shape index (κ1) is 14.7. The summed E-state index contributed by atoms with van der Waals surface area (Å²) in [5.41, 5.74) is -1.12. The van der Waals surface area contributed by atoms with E-state index in [9.17, 15) is 9.59 Å². The lowest BCUT2D eigenvalue weighted by molar-refractivity contribution is 0.162. The highest BCUT2D eigenvalue weighted by molar-refractivity contribution is 5.46. The lowest BCUT2D eigenvalue weighted by Crippen LogP contribution is -2.37. The van der Waals surface area contributed by atoms with E-state index in [-0.39, 0.29) is 23.7 Å². The van der Waals surface area contributed by atoms with Crippen LogP contribution >= 0.6 is 0 Å². The van der Waals surface area contributed by atoms with Gasteiger partial charge in [-0.1, -0.05) is 26.7 Å². The maximum absolute atomic E-state index is 11.4. The van der Waals surface area contributed by atoms with Crippen LogP contribution in [0.15, 0.2) is 9.59 Å². The molecular weight excluding hydrogens is 232 g/mol. The molecule has 2 atom stereocenters. The van der Waals surface area contributed by atoms with Crippen LogP contribution in [0, 0.1) is 0 Å². The average Bonchev–Trinajstić information content (AvgIpc) is 2.34. The van der Waals surface area contributed by atoms with Gasteiger partial charge in [-0.2, -0.15) is 0 Å². The summed E-state index contributed by atoms with van der Waals surface area (Å²) < 4.78 is 11.0. The molecule has 0 N–H and O–H groups in total. The van der Waals surface area contributed by atoms with Gasteiger partial charge in [0.25, 0.3) is 10.9 Å². The first-order valence-electron chi connectivity index (χ1n) is 6.67. The fourth-order valence-corrected chi connectivity index (χ4v) is 1.90. The zero-order valence-electron chi connectivity index (χ0n) is 11.6. The molecule has 0 saturated heterocycles. The third-order valence-electron chi connectivity index (χ3n) is 2.85. The van der Waals surface area contributed by atoms with E-state index in [0.717, 1.165) is 25.7 Å². The second-order valence-corrected chi connectivity index (χ2v) is 4.75. The molecule has 1 aromatic carbocycles. The Morgan fingerprint density at radius 3 is 1.44 bits per heavy atom. The Morgan fingerprint density at radius 1 is 0.833 bits per heavy atom. The van der Waals surface area contributed by atoms with Crippen molar-refractivity contribution in [1.82, 2.24) is 0 Å². The highest BCUT2D eigenvalue weighted by atomic mass is 16.5. The van der Waals surface area contributed by atoms with E-state index in [2.05, 4.69) is 0 Å². The monoisotopic (exact) mass is 254 g/mol. The fraction of sp³-hybridized carbons (Fsp3) is 0.714. The van der Waals surface area contributed by atoms with Crippen molar-refractivity contribution in [3.8, 4) is 11.5 Å². The maximum Gasteiger partial charge on any atom is 0.275 e. The van der Waals surface area contributed by atoms with Crippen molar-refractivity contribution in [1.29, 1.82) is 0 Å². The Balaban J connectivity index is 2.72. The van der Waals surface area contributed by atoms with Crippen LogP contribution in [0.5, 0.6) is 11.5 Å². The molecule has 0 aliphatic heterocycles. The third-order valence-corrected chi connectivity index (χ3v) is 2.85. The van der Waals surface area contributed by atoms with Crippen molar-refractivity contribution < 1.29 is 9.47 Å². The van der Waals surface area contributed by atoms with E-state index in [1.807, 2.05) is 27.7 Å². The summed E-state index contributed by atoms with van der Waals surface area (Å²) >= 11 is 0. The van der Waals surface area contributed by atoms with Gasteiger partial charge in [0.05, 0.1) is 12.2 Å². The Bertz CT molecular complexity index is 401. The predicted octanol–water partition coefficient (Wildman–Crippen LogP) is 2.42. The summed E-state index contributed by atoms with van der Waals surface area (Å²) in [4.78, 5) is 22.9. The van der Waals surface area contributed by atoms with Gasteiger partial charge in [0, 0.05) is 0 Å². The molecule has 0 amide bonds. The van der Waals surface area contributed by atoms with Gasteiger partial charge in [0.15, 0.2) is 0 Å². The van der Waals surface area contributed by atoms with Gasteiger partial charge in [-0.3, -0.25) is 9.59 Å². The standard InChI is InChI=1S/C14H22O4/c1-5-7-9(3)17-13-11(15)12(16)14(13)18-10(4)8-6-2/h9-10H,5-8H2,1-4H3. The SMILES string of the molecule is CCCC(C)Oc1c(OC(C)CCC)c(=O)c1=O. The van der Waals surface area contributed by atoms with Crippen molar-refractivity contribution in [2.75, 3.05) is 0 Å². The summed E-state index contributed by atoms with van der Waals surface area (Å²) in [5, 5.41) is 0. The summed E-state index contributed by atoms with van der Waals surface area (Å²) in [6.45, 7) is 7.87. The predicted molar refractivity (Wildman–Crippen MR) is 71.4 cm³/mol. The molecular formula is C14H22O4. The maximum atomic E-state index is 11.4. The third kappa shape index (κ3) is 3.34. The van der Waals surface area contributed by atoms with Crippen LogP contribution in [0.25, 0.3) is 0 Å². The van der Waals surface area contributed by atoms with Crippen molar-refractivity contribution in [3.63, 3.8) is 0 Å². The van der Waals surface area contributed by atoms with E-state index in [1.165, 1.54) is 0 Å². The largest absolute Gasteiger partial charge is 0.483 e. The zero-order valence-corrected chi connectivity index (χ0v) is 11.6. The van der Waals surface area contributed by atoms with E-state index >= 15 is 0 Å². The second kappa shape index (κ2) is 6.57. The molecule has 2 unspecified atom stereocenters.